The number of fused-ring (bicyclic) bond motifs is 1. The van der Waals surface area contributed by atoms with Gasteiger partial charge in [-0.3, -0.25) is 4.79 Å². The van der Waals surface area contributed by atoms with Crippen LogP contribution in [0.2, 0.25) is 0 Å². The molecule has 0 radical (unpaired) electrons. The smallest absolute Gasteiger partial charge is 0.232 e. The summed E-state index contributed by atoms with van der Waals surface area (Å²) in [4.78, 5) is 25.9. The Morgan fingerprint density at radius 2 is 2.00 bits per heavy atom. The number of thiophene rings is 1. The molecule has 0 atom stereocenters. The van der Waals surface area contributed by atoms with Gasteiger partial charge in [-0.1, -0.05) is 18.7 Å². The van der Waals surface area contributed by atoms with Crippen LogP contribution in [0.3, 0.4) is 0 Å². The Hall–Kier alpha value is -1.14. The van der Waals surface area contributed by atoms with Gasteiger partial charge in [0.05, 0.1) is 5.75 Å². The average Bonchev–Trinajstić information content (AvgIpc) is 3.14. The highest BCUT2D eigenvalue weighted by molar-refractivity contribution is 8.00. The number of carbonyl (C=O) groups is 1. The molecule has 3 rings (SSSR count). The van der Waals surface area contributed by atoms with E-state index in [1.54, 1.807) is 23.1 Å². The van der Waals surface area contributed by atoms with E-state index in [-0.39, 0.29) is 5.91 Å². The fourth-order valence-corrected chi connectivity index (χ4v) is 4.82. The molecule has 0 spiro atoms. The summed E-state index contributed by atoms with van der Waals surface area (Å²) in [5, 5.41) is 2.11. The molecule has 0 N–H and O–H groups in total. The monoisotopic (exact) mass is 335 g/mol. The molecule has 1 amide bonds. The maximum absolute atomic E-state index is 12.3. The van der Waals surface area contributed by atoms with Crippen LogP contribution in [0.15, 0.2) is 5.03 Å². The zero-order chi connectivity index (χ0) is 15.7. The molecule has 0 aromatic carbocycles. The van der Waals surface area contributed by atoms with Gasteiger partial charge < -0.3 is 4.90 Å². The van der Waals surface area contributed by atoms with Crippen molar-refractivity contribution in [3.63, 3.8) is 0 Å². The number of likely N-dealkylation sites (tertiary alicyclic amines) is 1. The first-order valence-electron chi connectivity index (χ1n) is 7.77. The lowest BCUT2D eigenvalue weighted by Crippen LogP contribution is -2.29. The average molecular weight is 335 g/mol. The summed E-state index contributed by atoms with van der Waals surface area (Å²) in [6.07, 6.45) is 3.09. The first kappa shape index (κ1) is 15.7. The normalized spacial score (nSPS) is 15.0. The number of aromatic nitrogens is 2. The number of rotatable bonds is 4. The standard InChI is InChI=1S/C16H21N3OS2/c1-4-12-17-15(14-10(2)11(3)22-16(14)18-12)21-9-13(20)19-7-5-6-8-19/h4-9H2,1-3H3. The van der Waals surface area contributed by atoms with E-state index >= 15 is 0 Å². The van der Waals surface area contributed by atoms with Gasteiger partial charge in [-0.25, -0.2) is 9.97 Å². The summed E-state index contributed by atoms with van der Waals surface area (Å²) in [7, 11) is 0. The fourth-order valence-electron chi connectivity index (χ4n) is 2.71. The first-order valence-corrected chi connectivity index (χ1v) is 9.57. The molecule has 3 heterocycles. The Morgan fingerprint density at radius 1 is 1.27 bits per heavy atom. The number of hydrogen-bond donors (Lipinski definition) is 0. The van der Waals surface area contributed by atoms with E-state index in [9.17, 15) is 4.79 Å². The van der Waals surface area contributed by atoms with Gasteiger partial charge in [0.25, 0.3) is 0 Å². The zero-order valence-corrected chi connectivity index (χ0v) is 14.9. The summed E-state index contributed by atoms with van der Waals surface area (Å²) in [5.74, 6) is 1.57. The van der Waals surface area contributed by atoms with Crippen molar-refractivity contribution in [1.29, 1.82) is 0 Å². The molecule has 6 heteroatoms. The van der Waals surface area contributed by atoms with Crippen LogP contribution in [-0.2, 0) is 11.2 Å². The van der Waals surface area contributed by atoms with Gasteiger partial charge in [-0.05, 0) is 32.3 Å². The topological polar surface area (TPSA) is 46.1 Å². The van der Waals surface area contributed by atoms with Gasteiger partial charge in [0.2, 0.25) is 5.91 Å². The van der Waals surface area contributed by atoms with Gasteiger partial charge in [0, 0.05) is 29.8 Å². The Morgan fingerprint density at radius 3 is 2.68 bits per heavy atom. The maximum Gasteiger partial charge on any atom is 0.232 e. The lowest BCUT2D eigenvalue weighted by molar-refractivity contribution is -0.127. The van der Waals surface area contributed by atoms with Crippen LogP contribution in [0.5, 0.6) is 0 Å². The van der Waals surface area contributed by atoms with Crippen LogP contribution in [0.4, 0.5) is 0 Å². The van der Waals surface area contributed by atoms with Crippen LogP contribution in [0.1, 0.15) is 36.0 Å². The highest BCUT2D eigenvalue weighted by Gasteiger charge is 2.20. The SMILES string of the molecule is CCc1nc(SCC(=O)N2CCCC2)c2c(C)c(C)sc2n1. The molecule has 0 unspecified atom stereocenters. The summed E-state index contributed by atoms with van der Waals surface area (Å²) in [6.45, 7) is 8.13. The number of amides is 1. The zero-order valence-electron chi connectivity index (χ0n) is 13.3. The van der Waals surface area contributed by atoms with Gasteiger partial charge in [0.15, 0.2) is 0 Å². The lowest BCUT2D eigenvalue weighted by Gasteiger charge is -2.14. The highest BCUT2D eigenvalue weighted by Crippen LogP contribution is 2.35. The van der Waals surface area contributed by atoms with Crippen LogP contribution in [0.25, 0.3) is 10.2 Å². The molecular weight excluding hydrogens is 314 g/mol. The maximum atomic E-state index is 12.3. The van der Waals surface area contributed by atoms with Gasteiger partial charge in [0.1, 0.15) is 15.7 Å². The van der Waals surface area contributed by atoms with E-state index in [0.717, 1.165) is 53.4 Å². The summed E-state index contributed by atoms with van der Waals surface area (Å²) in [5.41, 5.74) is 1.25. The van der Waals surface area contributed by atoms with Crippen LogP contribution >= 0.6 is 23.1 Å². The molecule has 1 aliphatic rings. The molecule has 0 saturated carbocycles. The third-order valence-electron chi connectivity index (χ3n) is 4.15. The molecule has 0 bridgehead atoms. The summed E-state index contributed by atoms with van der Waals surface area (Å²) in [6, 6.07) is 0. The predicted octanol–water partition coefficient (Wildman–Crippen LogP) is 3.59. The highest BCUT2D eigenvalue weighted by atomic mass is 32.2. The largest absolute Gasteiger partial charge is 0.342 e. The van der Waals surface area contributed by atoms with Crippen LogP contribution in [-0.4, -0.2) is 39.6 Å². The van der Waals surface area contributed by atoms with E-state index in [1.165, 1.54) is 10.4 Å². The predicted molar refractivity (Wildman–Crippen MR) is 92.8 cm³/mol. The molecule has 2 aromatic heterocycles. The third-order valence-corrected chi connectivity index (χ3v) is 6.21. The quantitative estimate of drug-likeness (QED) is 0.633. The van der Waals surface area contributed by atoms with E-state index in [4.69, 9.17) is 0 Å². The summed E-state index contributed by atoms with van der Waals surface area (Å²) >= 11 is 3.29. The van der Waals surface area contributed by atoms with E-state index in [0.29, 0.717) is 5.75 Å². The Kier molecular flexibility index (Phi) is 4.68. The van der Waals surface area contributed by atoms with E-state index < -0.39 is 0 Å². The number of nitrogens with zero attached hydrogens (tertiary/aromatic N) is 3. The minimum absolute atomic E-state index is 0.233. The van der Waals surface area contributed by atoms with Crippen molar-refractivity contribution < 1.29 is 4.79 Å². The van der Waals surface area contributed by atoms with Crippen molar-refractivity contribution in [3.8, 4) is 0 Å². The second kappa shape index (κ2) is 6.54. The molecule has 22 heavy (non-hydrogen) atoms. The lowest BCUT2D eigenvalue weighted by atomic mass is 10.2. The minimum Gasteiger partial charge on any atom is -0.342 e. The second-order valence-corrected chi connectivity index (χ2v) is 7.81. The van der Waals surface area contributed by atoms with Crippen LogP contribution < -0.4 is 0 Å². The van der Waals surface area contributed by atoms with Crippen molar-refractivity contribution in [2.24, 2.45) is 0 Å². The Balaban J connectivity index is 1.86. The van der Waals surface area contributed by atoms with Gasteiger partial charge in [-0.2, -0.15) is 0 Å². The first-order chi connectivity index (χ1) is 10.6. The number of aryl methyl sites for hydroxylation is 3. The second-order valence-electron chi connectivity index (χ2n) is 5.64. The van der Waals surface area contributed by atoms with Gasteiger partial charge >= 0.3 is 0 Å². The molecule has 1 fully saturated rings. The van der Waals surface area contributed by atoms with Crippen molar-refractivity contribution >= 4 is 39.2 Å². The molecular formula is C16H21N3OS2. The van der Waals surface area contributed by atoms with E-state index in [1.807, 2.05) is 4.90 Å². The number of thioether (sulfide) groups is 1. The Bertz CT molecular complexity index is 705. The fraction of sp³-hybridized carbons (Fsp3) is 0.562. The molecule has 118 valence electrons. The molecule has 1 aliphatic heterocycles. The number of carbonyl (C=O) groups excluding carboxylic acids is 1. The summed E-state index contributed by atoms with van der Waals surface area (Å²) < 4.78 is 0. The van der Waals surface area contributed by atoms with Crippen molar-refractivity contribution in [1.82, 2.24) is 14.9 Å². The van der Waals surface area contributed by atoms with Crippen molar-refractivity contribution in [3.05, 3.63) is 16.3 Å². The molecule has 4 nitrogen and oxygen atoms in total. The van der Waals surface area contributed by atoms with Crippen LogP contribution in [0, 0.1) is 13.8 Å². The van der Waals surface area contributed by atoms with E-state index in [2.05, 4.69) is 30.7 Å². The molecule has 2 aromatic rings. The molecule has 0 aliphatic carbocycles. The Labute approximate surface area is 139 Å². The minimum atomic E-state index is 0.233. The molecule has 1 saturated heterocycles. The number of hydrogen-bond acceptors (Lipinski definition) is 5. The van der Waals surface area contributed by atoms with Gasteiger partial charge in [-0.15, -0.1) is 11.3 Å². The van der Waals surface area contributed by atoms with Crippen molar-refractivity contribution in [2.45, 2.75) is 45.1 Å². The van der Waals surface area contributed by atoms with Crippen molar-refractivity contribution in [2.75, 3.05) is 18.8 Å². The third kappa shape index (κ3) is 2.99.